The third-order valence-electron chi connectivity index (χ3n) is 1.33. The molecule has 0 spiro atoms. The van der Waals surface area contributed by atoms with Gasteiger partial charge in [-0.15, -0.1) is 0 Å². The average molecular weight is 150 g/mol. The van der Waals surface area contributed by atoms with Gasteiger partial charge in [-0.2, -0.15) is 0 Å². The van der Waals surface area contributed by atoms with E-state index in [1.165, 1.54) is 0 Å². The van der Waals surface area contributed by atoms with Crippen LogP contribution in [0.4, 0.5) is 0 Å². The van der Waals surface area contributed by atoms with Crippen LogP contribution in [0.2, 0.25) is 0 Å². The van der Waals surface area contributed by atoms with Crippen LogP contribution in [0.5, 0.6) is 5.88 Å². The van der Waals surface area contributed by atoms with Crippen LogP contribution in [-0.4, -0.2) is 11.6 Å². The Morgan fingerprint density at radius 1 is 1.64 bits per heavy atom. The molecule has 1 aromatic rings. The van der Waals surface area contributed by atoms with Crippen LogP contribution >= 0.6 is 0 Å². The molecule has 1 radical (unpaired) electrons. The zero-order valence-corrected chi connectivity index (χ0v) is 6.71. The van der Waals surface area contributed by atoms with Crippen molar-refractivity contribution >= 4 is 0 Å². The third kappa shape index (κ3) is 3.03. The van der Waals surface area contributed by atoms with Crippen LogP contribution in [0.25, 0.3) is 0 Å². The Kier molecular flexibility index (Phi) is 3.45. The zero-order valence-electron chi connectivity index (χ0n) is 6.71. The molecule has 0 bridgehead atoms. The molecule has 0 amide bonds. The SMILES string of the molecule is CCCCOc1ccc[c]n1. The first-order valence-corrected chi connectivity index (χ1v) is 3.89. The molecule has 11 heavy (non-hydrogen) atoms. The van der Waals surface area contributed by atoms with Crippen LogP contribution in [0.3, 0.4) is 0 Å². The molecule has 0 aliphatic rings. The molecule has 0 N–H and O–H groups in total. The van der Waals surface area contributed by atoms with E-state index in [1.807, 2.05) is 12.1 Å². The number of hydrogen-bond donors (Lipinski definition) is 0. The standard InChI is InChI=1S/C9H12NO/c1-2-3-8-11-9-6-4-5-7-10-9/h4-6H,2-3,8H2,1H3. The van der Waals surface area contributed by atoms with Gasteiger partial charge in [0, 0.05) is 6.07 Å². The summed E-state index contributed by atoms with van der Waals surface area (Å²) in [5.74, 6) is 0.668. The van der Waals surface area contributed by atoms with Gasteiger partial charge in [-0.25, -0.2) is 4.98 Å². The summed E-state index contributed by atoms with van der Waals surface area (Å²) in [6, 6.07) is 5.47. The molecule has 0 fully saturated rings. The first kappa shape index (κ1) is 8.05. The Morgan fingerprint density at radius 2 is 2.55 bits per heavy atom. The molecule has 0 atom stereocenters. The molecule has 0 unspecified atom stereocenters. The highest BCUT2D eigenvalue weighted by atomic mass is 16.5. The molecule has 0 saturated heterocycles. The number of pyridine rings is 1. The summed E-state index contributed by atoms with van der Waals surface area (Å²) in [4.78, 5) is 3.90. The van der Waals surface area contributed by atoms with Crippen molar-refractivity contribution in [3.8, 4) is 5.88 Å². The van der Waals surface area contributed by atoms with Crippen LogP contribution in [-0.2, 0) is 0 Å². The fourth-order valence-corrected chi connectivity index (χ4v) is 0.713. The van der Waals surface area contributed by atoms with Gasteiger partial charge < -0.3 is 4.74 Å². The summed E-state index contributed by atoms with van der Waals surface area (Å²) in [5.41, 5.74) is 0. The van der Waals surface area contributed by atoms with E-state index in [9.17, 15) is 0 Å². The smallest absolute Gasteiger partial charge is 0.213 e. The Labute approximate surface area is 67.2 Å². The van der Waals surface area contributed by atoms with E-state index in [2.05, 4.69) is 18.1 Å². The van der Waals surface area contributed by atoms with Crippen molar-refractivity contribution in [1.29, 1.82) is 0 Å². The topological polar surface area (TPSA) is 22.1 Å². The summed E-state index contributed by atoms with van der Waals surface area (Å²) in [5, 5.41) is 0. The van der Waals surface area contributed by atoms with Gasteiger partial charge in [0.2, 0.25) is 5.88 Å². The predicted octanol–water partition coefficient (Wildman–Crippen LogP) is 2.06. The molecular weight excluding hydrogens is 138 g/mol. The highest BCUT2D eigenvalue weighted by Crippen LogP contribution is 2.03. The van der Waals surface area contributed by atoms with Crippen LogP contribution in [0.15, 0.2) is 18.2 Å². The fourth-order valence-electron chi connectivity index (χ4n) is 0.713. The lowest BCUT2D eigenvalue weighted by Gasteiger charge is -2.01. The van der Waals surface area contributed by atoms with Crippen molar-refractivity contribution < 1.29 is 4.74 Å². The summed E-state index contributed by atoms with van der Waals surface area (Å²) in [7, 11) is 0. The van der Waals surface area contributed by atoms with E-state index >= 15 is 0 Å². The number of unbranched alkanes of at least 4 members (excludes halogenated alkanes) is 1. The number of rotatable bonds is 4. The van der Waals surface area contributed by atoms with Gasteiger partial charge in [0.25, 0.3) is 0 Å². The monoisotopic (exact) mass is 150 g/mol. The minimum Gasteiger partial charge on any atom is -0.478 e. The van der Waals surface area contributed by atoms with Crippen molar-refractivity contribution in [3.63, 3.8) is 0 Å². The summed E-state index contributed by atoms with van der Waals surface area (Å²) in [6.45, 7) is 2.88. The second-order valence-electron chi connectivity index (χ2n) is 2.31. The number of hydrogen-bond acceptors (Lipinski definition) is 2. The first-order chi connectivity index (χ1) is 5.43. The number of aromatic nitrogens is 1. The molecule has 2 nitrogen and oxygen atoms in total. The van der Waals surface area contributed by atoms with E-state index in [1.54, 1.807) is 6.07 Å². The quantitative estimate of drug-likeness (QED) is 0.613. The minimum absolute atomic E-state index is 0.668. The summed E-state index contributed by atoms with van der Waals surface area (Å²) >= 11 is 0. The van der Waals surface area contributed by atoms with Gasteiger partial charge in [0.1, 0.15) is 0 Å². The Hall–Kier alpha value is -1.05. The van der Waals surface area contributed by atoms with Crippen molar-refractivity contribution in [2.45, 2.75) is 19.8 Å². The number of ether oxygens (including phenoxy) is 1. The van der Waals surface area contributed by atoms with E-state index in [4.69, 9.17) is 4.74 Å². The largest absolute Gasteiger partial charge is 0.478 e. The van der Waals surface area contributed by atoms with Crippen LogP contribution in [0.1, 0.15) is 19.8 Å². The normalized spacial score (nSPS) is 9.55. The van der Waals surface area contributed by atoms with E-state index in [0.717, 1.165) is 19.4 Å². The maximum Gasteiger partial charge on any atom is 0.213 e. The molecule has 59 valence electrons. The Bertz CT molecular complexity index is 186. The van der Waals surface area contributed by atoms with Crippen molar-refractivity contribution in [2.75, 3.05) is 6.61 Å². The van der Waals surface area contributed by atoms with Gasteiger partial charge in [0.15, 0.2) is 0 Å². The van der Waals surface area contributed by atoms with E-state index < -0.39 is 0 Å². The van der Waals surface area contributed by atoms with Crippen LogP contribution < -0.4 is 4.74 Å². The fraction of sp³-hybridized carbons (Fsp3) is 0.444. The molecule has 1 aromatic heterocycles. The van der Waals surface area contributed by atoms with Crippen LogP contribution in [0, 0.1) is 6.20 Å². The molecular formula is C9H12NO. The van der Waals surface area contributed by atoms with Gasteiger partial charge >= 0.3 is 0 Å². The highest BCUT2D eigenvalue weighted by Gasteiger charge is 1.90. The third-order valence-corrected chi connectivity index (χ3v) is 1.33. The molecule has 1 rings (SSSR count). The maximum atomic E-state index is 5.30. The lowest BCUT2D eigenvalue weighted by molar-refractivity contribution is 0.297. The van der Waals surface area contributed by atoms with Crippen molar-refractivity contribution in [1.82, 2.24) is 4.98 Å². The highest BCUT2D eigenvalue weighted by molar-refractivity contribution is 5.08. The molecule has 1 heterocycles. The summed E-state index contributed by atoms with van der Waals surface area (Å²) in [6.07, 6.45) is 4.94. The van der Waals surface area contributed by atoms with Gasteiger partial charge in [-0.05, 0) is 12.5 Å². The van der Waals surface area contributed by atoms with Gasteiger partial charge in [-0.3, -0.25) is 0 Å². The van der Waals surface area contributed by atoms with Crippen molar-refractivity contribution in [2.24, 2.45) is 0 Å². The second kappa shape index (κ2) is 4.72. The lowest BCUT2D eigenvalue weighted by atomic mass is 10.4. The Balaban J connectivity index is 2.28. The average Bonchev–Trinajstić information content (AvgIpc) is 2.07. The first-order valence-electron chi connectivity index (χ1n) is 3.89. The zero-order chi connectivity index (χ0) is 7.94. The van der Waals surface area contributed by atoms with Gasteiger partial charge in [-0.1, -0.05) is 19.4 Å². The molecule has 0 aromatic carbocycles. The van der Waals surface area contributed by atoms with E-state index in [0.29, 0.717) is 5.88 Å². The minimum atomic E-state index is 0.668. The predicted molar refractivity (Wildman–Crippen MR) is 43.5 cm³/mol. The molecule has 2 heteroatoms. The second-order valence-corrected chi connectivity index (χ2v) is 2.31. The van der Waals surface area contributed by atoms with Crippen molar-refractivity contribution in [3.05, 3.63) is 24.4 Å². The summed E-state index contributed by atoms with van der Waals surface area (Å²) < 4.78 is 5.30. The van der Waals surface area contributed by atoms with Gasteiger partial charge in [0.05, 0.1) is 12.8 Å². The lowest BCUT2D eigenvalue weighted by Crippen LogP contribution is -1.97. The molecule has 0 saturated carbocycles. The Morgan fingerprint density at radius 3 is 3.18 bits per heavy atom. The molecule has 0 aliphatic heterocycles. The molecule has 0 aliphatic carbocycles. The van der Waals surface area contributed by atoms with E-state index in [-0.39, 0.29) is 0 Å². The number of nitrogens with zero attached hydrogens (tertiary/aromatic N) is 1. The maximum absolute atomic E-state index is 5.30.